The molecule has 0 bridgehead atoms. The summed E-state index contributed by atoms with van der Waals surface area (Å²) >= 11 is 0.0556. The van der Waals surface area contributed by atoms with Gasteiger partial charge in [0.25, 0.3) is 0 Å². The van der Waals surface area contributed by atoms with E-state index in [2.05, 4.69) is 4.74 Å². The number of esters is 1. The summed E-state index contributed by atoms with van der Waals surface area (Å²) in [4.78, 5) is 18.8. The molecule has 0 saturated heterocycles. The second kappa shape index (κ2) is 9.98. The molecule has 4 nitrogen and oxygen atoms in total. The van der Waals surface area contributed by atoms with E-state index in [1.54, 1.807) is 0 Å². The predicted octanol–water partition coefficient (Wildman–Crippen LogP) is -0.794. The van der Waals surface area contributed by atoms with E-state index in [0.717, 1.165) is 6.92 Å². The van der Waals surface area contributed by atoms with E-state index in [1.807, 2.05) is 0 Å². The number of carbonyl (C=O) groups excluding carboxylic acids is 2. The molecular weight excluding hydrogens is 307 g/mol. The van der Waals surface area contributed by atoms with Crippen LogP contribution in [-0.4, -0.2) is 38.2 Å². The number of hydrogen-bond acceptors (Lipinski definition) is 4. The van der Waals surface area contributed by atoms with Crippen molar-refractivity contribution in [1.82, 2.24) is 0 Å². The van der Waals surface area contributed by atoms with Gasteiger partial charge in [0.15, 0.2) is 0 Å². The van der Waals surface area contributed by atoms with Gasteiger partial charge in [0.2, 0.25) is 0 Å². The molecule has 0 aromatic rings. The molecule has 0 atom stereocenters. The molecule has 0 aliphatic rings. The summed E-state index contributed by atoms with van der Waals surface area (Å²) in [6, 6.07) is 0. The van der Waals surface area contributed by atoms with Crippen LogP contribution in [0.4, 0.5) is 0 Å². The van der Waals surface area contributed by atoms with Gasteiger partial charge in [-0.2, -0.15) is 0 Å². The van der Waals surface area contributed by atoms with E-state index in [-0.39, 0.29) is 32.3 Å². The summed E-state index contributed by atoms with van der Waals surface area (Å²) in [7, 11) is 0. The van der Waals surface area contributed by atoms with Gasteiger partial charge >= 0.3 is 40.9 Å². The molecule has 0 aliphatic heterocycles. The third kappa shape index (κ3) is 16.9. The number of ether oxygens (including phenoxy) is 1. The average Bonchev–Trinajstić information content (AvgIpc) is 1.72. The fourth-order valence-corrected chi connectivity index (χ4v) is 0.0678. The standard InChI is InChI=1S/C3H4O3.O.Pb/c1-3(5)6-2-4;;/h2H,1H3;;. The topological polar surface area (TPSA) is 60.4 Å². The summed E-state index contributed by atoms with van der Waals surface area (Å²) in [6.45, 7) is 1.26. The maximum atomic E-state index is 9.59. The van der Waals surface area contributed by atoms with Crippen LogP contribution in [0.5, 0.6) is 0 Å². The van der Waals surface area contributed by atoms with Crippen molar-refractivity contribution in [3.63, 3.8) is 0 Å². The van der Waals surface area contributed by atoms with Crippen LogP contribution in [-0.2, 0) is 17.0 Å². The molecule has 0 aromatic heterocycles. The second-order valence-electron chi connectivity index (χ2n) is 0.706. The van der Waals surface area contributed by atoms with Crippen molar-refractivity contribution in [2.45, 2.75) is 6.92 Å². The zero-order valence-electron chi connectivity index (χ0n) is 4.21. The van der Waals surface area contributed by atoms with E-state index < -0.39 is 5.97 Å². The Kier molecular flexibility index (Phi) is 13.4. The van der Waals surface area contributed by atoms with E-state index in [9.17, 15) is 9.59 Å². The molecule has 0 rings (SSSR count). The van der Waals surface area contributed by atoms with E-state index in [0.29, 0.717) is 0 Å². The van der Waals surface area contributed by atoms with Gasteiger partial charge in [-0.1, -0.05) is 0 Å². The first-order valence-corrected chi connectivity index (χ1v) is 3.17. The number of carbonyl (C=O) groups is 2. The Morgan fingerprint density at radius 2 is 2.00 bits per heavy atom. The molecule has 8 heavy (non-hydrogen) atoms. The Balaban J connectivity index is 0. The first kappa shape index (κ1) is 10.8. The van der Waals surface area contributed by atoms with Gasteiger partial charge in [-0.05, 0) is 0 Å². The van der Waals surface area contributed by atoms with Gasteiger partial charge in [0.1, 0.15) is 0 Å². The first-order valence-electron chi connectivity index (χ1n) is 1.58. The second-order valence-corrected chi connectivity index (χ2v) is 0.706. The summed E-state index contributed by atoms with van der Waals surface area (Å²) in [5.41, 5.74) is 0. The number of rotatable bonds is 1. The van der Waals surface area contributed by atoms with E-state index in [1.165, 1.54) is 0 Å². The molecule has 0 heterocycles. The Morgan fingerprint density at radius 3 is 2.00 bits per heavy atom. The quantitative estimate of drug-likeness (QED) is 0.275. The Hall–Kier alpha value is -0.138. The van der Waals surface area contributed by atoms with Crippen LogP contribution < -0.4 is 0 Å². The number of hydrogen-bond donors (Lipinski definition) is 0. The van der Waals surface area contributed by atoms with Gasteiger partial charge in [0, 0.05) is 6.92 Å². The fraction of sp³-hybridized carbons (Fsp3) is 0.333. The van der Waals surface area contributed by atoms with Gasteiger partial charge < -0.3 is 4.74 Å². The van der Waals surface area contributed by atoms with Crippen LogP contribution >= 0.6 is 0 Å². The summed E-state index contributed by atoms with van der Waals surface area (Å²) in [5.74, 6) is -0.579. The average molecular weight is 311 g/mol. The maximum absolute atomic E-state index is 9.59. The monoisotopic (exact) mass is 312 g/mol. The third-order valence-electron chi connectivity index (χ3n) is 0.214. The van der Waals surface area contributed by atoms with Crippen molar-refractivity contribution in [2.75, 3.05) is 0 Å². The van der Waals surface area contributed by atoms with Crippen molar-refractivity contribution < 1.29 is 17.0 Å². The summed E-state index contributed by atoms with van der Waals surface area (Å²) < 4.78 is 12.1. The van der Waals surface area contributed by atoms with Crippen molar-refractivity contribution >= 4 is 38.2 Å². The van der Waals surface area contributed by atoms with Crippen LogP contribution in [0, 0.1) is 0 Å². The van der Waals surface area contributed by atoms with E-state index >= 15 is 0 Å². The van der Waals surface area contributed by atoms with Crippen LogP contribution in [0.3, 0.4) is 0 Å². The molecule has 0 saturated carbocycles. The Labute approximate surface area is 62.4 Å². The Morgan fingerprint density at radius 1 is 1.62 bits per heavy atom. The van der Waals surface area contributed by atoms with Gasteiger partial charge in [-0.15, -0.1) is 0 Å². The summed E-state index contributed by atoms with van der Waals surface area (Å²) in [6.07, 6.45) is 0. The Bertz CT molecular complexity index is 81.4. The van der Waals surface area contributed by atoms with Crippen molar-refractivity contribution in [3.05, 3.63) is 0 Å². The van der Waals surface area contributed by atoms with Gasteiger partial charge in [-0.3, -0.25) is 9.59 Å². The van der Waals surface area contributed by atoms with Crippen molar-refractivity contribution in [2.24, 2.45) is 0 Å². The first-order chi connectivity index (χ1) is 3.77. The molecule has 0 aliphatic carbocycles. The predicted molar refractivity (Wildman–Crippen MR) is 24.3 cm³/mol. The summed E-state index contributed by atoms with van der Waals surface area (Å²) in [5, 5.41) is 0. The molecule has 0 amide bonds. The molecule has 0 unspecified atom stereocenters. The van der Waals surface area contributed by atoms with Crippen LogP contribution in [0.25, 0.3) is 0 Å². The molecule has 0 spiro atoms. The minimum absolute atomic E-state index is 0.0556. The van der Waals surface area contributed by atoms with Crippen molar-refractivity contribution in [3.8, 4) is 0 Å². The normalized spacial score (nSPS) is 5.62. The van der Waals surface area contributed by atoms with Crippen LogP contribution in [0.15, 0.2) is 0 Å². The molecule has 0 aromatic carbocycles. The minimum atomic E-state index is -0.579. The van der Waals surface area contributed by atoms with Gasteiger partial charge in [-0.25, -0.2) is 0 Å². The van der Waals surface area contributed by atoms with Crippen molar-refractivity contribution in [1.29, 1.82) is 0 Å². The van der Waals surface area contributed by atoms with Crippen LogP contribution in [0.2, 0.25) is 0 Å². The molecule has 0 fully saturated rings. The fourth-order valence-electron chi connectivity index (χ4n) is 0.0678. The molecule has 5 heteroatoms. The molecule has 2 radical (unpaired) electrons. The third-order valence-corrected chi connectivity index (χ3v) is 0.214. The zero-order chi connectivity index (χ0) is 6.99. The SMILES string of the molecule is CC(=O)OC=O.[O]=[Pb]. The van der Waals surface area contributed by atoms with E-state index in [4.69, 9.17) is 2.69 Å². The van der Waals surface area contributed by atoms with Crippen LogP contribution in [0.1, 0.15) is 6.92 Å². The molecule has 44 valence electrons. The van der Waals surface area contributed by atoms with Gasteiger partial charge in [0.05, 0.1) is 0 Å². The zero-order valence-corrected chi connectivity index (χ0v) is 8.10. The molecule has 0 N–H and O–H groups in total. The molecular formula is C3H4O4Pb.